The molecule has 15 heavy (non-hydrogen) atoms. The predicted molar refractivity (Wildman–Crippen MR) is 51.9 cm³/mol. The van der Waals surface area contributed by atoms with E-state index in [0.717, 1.165) is 0 Å². The van der Waals surface area contributed by atoms with Gasteiger partial charge >= 0.3 is 15.8 Å². The van der Waals surface area contributed by atoms with E-state index in [0.29, 0.717) is 0 Å². The number of hydrogen-bond acceptors (Lipinski definition) is 2. The number of hydrogen-bond donors (Lipinski definition) is 2. The number of aliphatic imine (C=N–C) groups is 1. The van der Waals surface area contributed by atoms with Crippen LogP contribution in [0.1, 0.15) is 0 Å². The second-order valence-corrected chi connectivity index (χ2v) is 4.16. The summed E-state index contributed by atoms with van der Waals surface area (Å²) in [6.07, 6.45) is 0. The van der Waals surface area contributed by atoms with Crippen LogP contribution in [0, 0.1) is 0 Å². The van der Waals surface area contributed by atoms with Crippen molar-refractivity contribution in [3.8, 4) is 0 Å². The molecule has 0 radical (unpaired) electrons. The molecule has 0 aliphatic rings. The number of rotatable bonds is 2. The van der Waals surface area contributed by atoms with Gasteiger partial charge in [-0.3, -0.25) is 0 Å². The van der Waals surface area contributed by atoms with Crippen LogP contribution in [0.3, 0.4) is 0 Å². The van der Waals surface area contributed by atoms with E-state index in [4.69, 9.17) is 11.5 Å². The maximum atomic E-state index is 11.8. The lowest BCUT2D eigenvalue weighted by Gasteiger charge is -2.09. The van der Waals surface area contributed by atoms with Crippen LogP contribution >= 0.6 is 0 Å². The lowest BCUT2D eigenvalue weighted by Crippen LogP contribution is -2.32. The predicted octanol–water partition coefficient (Wildman–Crippen LogP) is -1.27. The first-order chi connectivity index (χ1) is 6.66. The largest absolute Gasteiger partial charge is 0.369 e. The normalized spacial score (nSPS) is 14.5. The smallest absolute Gasteiger partial charge is 0.357 e. The summed E-state index contributed by atoms with van der Waals surface area (Å²) in [4.78, 5) is 4.58. The molecule has 0 bridgehead atoms. The third kappa shape index (κ3) is 4.54. The first kappa shape index (κ1) is 13.5. The van der Waals surface area contributed by atoms with Crippen LogP contribution in [0.15, 0.2) is 9.39 Å². The molecule has 7 nitrogen and oxygen atoms in total. The van der Waals surface area contributed by atoms with E-state index < -0.39 is 21.7 Å². The quantitative estimate of drug-likeness (QED) is 0.463. The molecule has 10 heteroatoms. The van der Waals surface area contributed by atoms with E-state index >= 15 is 0 Å². The van der Waals surface area contributed by atoms with E-state index in [2.05, 4.69) is 9.39 Å². The molecule has 0 amide bonds. The van der Waals surface area contributed by atoms with Crippen LogP contribution in [0.5, 0.6) is 0 Å². The van der Waals surface area contributed by atoms with Crippen molar-refractivity contribution in [1.82, 2.24) is 4.90 Å². The molecular weight excluding hydrogens is 232 g/mol. The molecule has 0 aliphatic heterocycles. The Morgan fingerprint density at radius 2 is 1.80 bits per heavy atom. The lowest BCUT2D eigenvalue weighted by molar-refractivity contribution is 0.235. The van der Waals surface area contributed by atoms with E-state index in [1.807, 2.05) is 0 Å². The van der Waals surface area contributed by atoms with Gasteiger partial charge in [0, 0.05) is 14.1 Å². The fourth-order valence-electron chi connectivity index (χ4n) is 0.408. The van der Waals surface area contributed by atoms with Crippen molar-refractivity contribution in [3.05, 3.63) is 0 Å². The van der Waals surface area contributed by atoms with Crippen molar-refractivity contribution in [2.75, 3.05) is 14.1 Å². The third-order valence-corrected chi connectivity index (χ3v) is 2.03. The standard InChI is InChI=1S/C5H11F2N5O2S/c1-12(2)5(9)10-4(8)11-15(13,14)3(6)7/h3H,1-2H3,(H4,8,9,10,11). The highest BCUT2D eigenvalue weighted by molar-refractivity contribution is 7.90. The Morgan fingerprint density at radius 3 is 2.13 bits per heavy atom. The Bertz CT molecular complexity index is 375. The maximum Gasteiger partial charge on any atom is 0.357 e. The zero-order valence-corrected chi connectivity index (χ0v) is 8.87. The van der Waals surface area contributed by atoms with Crippen molar-refractivity contribution in [3.63, 3.8) is 0 Å². The summed E-state index contributed by atoms with van der Waals surface area (Å²) in [5.41, 5.74) is 10.2. The van der Waals surface area contributed by atoms with Gasteiger partial charge in [0.1, 0.15) is 0 Å². The number of nitrogens with two attached hydrogens (primary N) is 2. The third-order valence-electron chi connectivity index (χ3n) is 1.13. The van der Waals surface area contributed by atoms with Crippen LogP contribution in [0.25, 0.3) is 0 Å². The number of alkyl halides is 2. The number of halogens is 2. The van der Waals surface area contributed by atoms with Crippen LogP contribution in [-0.2, 0) is 10.0 Å². The van der Waals surface area contributed by atoms with E-state index in [-0.39, 0.29) is 5.96 Å². The van der Waals surface area contributed by atoms with Crippen molar-refractivity contribution >= 4 is 21.9 Å². The Morgan fingerprint density at radius 1 is 1.33 bits per heavy atom. The Kier molecular flexibility index (Phi) is 4.40. The first-order valence-corrected chi connectivity index (χ1v) is 5.06. The SMILES string of the molecule is CN(C)C(N)=NC(N)=NS(=O)(=O)C(F)F. The highest BCUT2D eigenvalue weighted by Gasteiger charge is 2.23. The minimum absolute atomic E-state index is 0.152. The van der Waals surface area contributed by atoms with Crippen LogP contribution < -0.4 is 11.5 Å². The zero-order valence-electron chi connectivity index (χ0n) is 8.05. The number of nitrogens with zero attached hydrogens (tertiary/aromatic N) is 3. The van der Waals surface area contributed by atoms with Gasteiger partial charge in [0.15, 0.2) is 5.96 Å². The summed E-state index contributed by atoms with van der Waals surface area (Å²) in [6.45, 7) is 0. The van der Waals surface area contributed by atoms with Gasteiger partial charge in [-0.05, 0) is 0 Å². The molecule has 0 saturated carbocycles. The van der Waals surface area contributed by atoms with Crippen LogP contribution in [0.4, 0.5) is 8.78 Å². The summed E-state index contributed by atoms with van der Waals surface area (Å²) < 4.78 is 47.3. The van der Waals surface area contributed by atoms with Gasteiger partial charge in [0.2, 0.25) is 5.96 Å². The number of guanidine groups is 2. The Labute approximate surface area is 85.5 Å². The van der Waals surface area contributed by atoms with E-state index in [1.54, 1.807) is 0 Å². The van der Waals surface area contributed by atoms with Crippen LogP contribution in [0.2, 0.25) is 0 Å². The molecular formula is C5H11F2N5O2S. The summed E-state index contributed by atoms with van der Waals surface area (Å²) >= 11 is 0. The fourth-order valence-corrected chi connectivity index (χ4v) is 0.789. The molecule has 0 unspecified atom stereocenters. The highest BCUT2D eigenvalue weighted by Crippen LogP contribution is 2.06. The maximum absolute atomic E-state index is 11.8. The molecule has 0 aromatic carbocycles. The molecule has 0 aromatic heterocycles. The van der Waals surface area contributed by atoms with Crippen molar-refractivity contribution in [2.24, 2.45) is 20.9 Å². The first-order valence-electron chi connectivity index (χ1n) is 3.55. The van der Waals surface area contributed by atoms with Gasteiger partial charge < -0.3 is 16.4 Å². The van der Waals surface area contributed by atoms with Crippen molar-refractivity contribution in [2.45, 2.75) is 5.76 Å². The summed E-state index contributed by atoms with van der Waals surface area (Å²) in [6, 6.07) is 0. The minimum Gasteiger partial charge on any atom is -0.369 e. The molecule has 4 N–H and O–H groups in total. The molecule has 0 atom stereocenters. The Hall–Kier alpha value is -1.45. The van der Waals surface area contributed by atoms with Gasteiger partial charge in [-0.2, -0.15) is 22.2 Å². The molecule has 0 heterocycles. The molecule has 0 saturated heterocycles. The zero-order chi connectivity index (χ0) is 12.2. The topological polar surface area (TPSA) is 114 Å². The second kappa shape index (κ2) is 4.87. The second-order valence-electron chi connectivity index (χ2n) is 2.59. The summed E-state index contributed by atoms with van der Waals surface area (Å²) in [5, 5.41) is 0. The fraction of sp³-hybridized carbons (Fsp3) is 0.600. The van der Waals surface area contributed by atoms with Gasteiger partial charge in [0.25, 0.3) is 0 Å². The molecule has 0 aromatic rings. The molecule has 0 rings (SSSR count). The van der Waals surface area contributed by atoms with Gasteiger partial charge in [-0.15, -0.1) is 4.40 Å². The minimum atomic E-state index is -4.92. The van der Waals surface area contributed by atoms with Gasteiger partial charge in [-0.25, -0.2) is 0 Å². The average Bonchev–Trinajstić information content (AvgIpc) is 2.01. The molecule has 0 fully saturated rings. The summed E-state index contributed by atoms with van der Waals surface area (Å²) in [7, 11) is -1.90. The molecule has 0 spiro atoms. The monoisotopic (exact) mass is 243 g/mol. The van der Waals surface area contributed by atoms with Gasteiger partial charge in [0.05, 0.1) is 0 Å². The van der Waals surface area contributed by atoms with Gasteiger partial charge in [-0.1, -0.05) is 0 Å². The lowest BCUT2D eigenvalue weighted by atomic mass is 10.8. The molecule has 0 aliphatic carbocycles. The van der Waals surface area contributed by atoms with Crippen molar-refractivity contribution < 1.29 is 17.2 Å². The molecule has 88 valence electrons. The number of sulfonamides is 1. The summed E-state index contributed by atoms with van der Waals surface area (Å²) in [5.74, 6) is -4.63. The Balaban J connectivity index is 4.97. The van der Waals surface area contributed by atoms with E-state index in [9.17, 15) is 17.2 Å². The average molecular weight is 243 g/mol. The van der Waals surface area contributed by atoms with E-state index in [1.165, 1.54) is 19.0 Å². The highest BCUT2D eigenvalue weighted by atomic mass is 32.2. The van der Waals surface area contributed by atoms with Crippen LogP contribution in [-0.4, -0.2) is 45.1 Å². The van der Waals surface area contributed by atoms with Crippen molar-refractivity contribution in [1.29, 1.82) is 0 Å².